The van der Waals surface area contributed by atoms with Gasteiger partial charge in [0.15, 0.2) is 0 Å². The van der Waals surface area contributed by atoms with Crippen molar-refractivity contribution in [1.29, 1.82) is 0 Å². The van der Waals surface area contributed by atoms with E-state index in [9.17, 15) is 4.79 Å². The zero-order chi connectivity index (χ0) is 25.3. The fourth-order valence-electron chi connectivity index (χ4n) is 6.06. The molecule has 0 saturated heterocycles. The largest absolute Gasteiger partial charge is 0.497 e. The van der Waals surface area contributed by atoms with E-state index >= 15 is 0 Å². The smallest absolute Gasteiger partial charge is 0.257 e. The highest BCUT2D eigenvalue weighted by Crippen LogP contribution is 2.42. The van der Waals surface area contributed by atoms with Crippen molar-refractivity contribution in [3.63, 3.8) is 0 Å². The normalized spacial score (nSPS) is 24.9. The number of hydrogen-bond donors (Lipinski definition) is 2. The second kappa shape index (κ2) is 9.64. The number of nitrogens with zero attached hydrogens (tertiary/aromatic N) is 2. The molecule has 1 amide bonds. The van der Waals surface area contributed by atoms with Gasteiger partial charge >= 0.3 is 0 Å². The summed E-state index contributed by atoms with van der Waals surface area (Å²) in [6.07, 6.45) is 7.63. The molecule has 1 aliphatic carbocycles. The molecule has 1 saturated carbocycles. The predicted octanol–water partition coefficient (Wildman–Crippen LogP) is 6.42. The van der Waals surface area contributed by atoms with Crippen LogP contribution in [0, 0.1) is 0 Å². The highest BCUT2D eigenvalue weighted by molar-refractivity contribution is 5.99. The highest BCUT2D eigenvalue weighted by atomic mass is 16.5. The van der Waals surface area contributed by atoms with Crippen LogP contribution < -0.4 is 15.4 Å². The van der Waals surface area contributed by atoms with Gasteiger partial charge in [-0.3, -0.25) is 4.79 Å². The number of ether oxygens (including phenoxy) is 1. The number of hydrogen-bond acceptors (Lipinski definition) is 4. The summed E-state index contributed by atoms with van der Waals surface area (Å²) in [5.41, 5.74) is 2.84. The summed E-state index contributed by atoms with van der Waals surface area (Å²) in [5, 5.41) is 11.7. The molecular formula is C30H38N4O2. The number of anilines is 1. The standard InChI is InChI=1S/C30H38N4O2/c1-5-30(17-15-22(16-18-30)21-11-13-24(36-4)14-12-21)33-28(35)25-20-31-34-27(25)32-26(19-29(34,2)3)23-9-7-6-8-10-23/h6-14,20,22,26,32H,5,15-19H2,1-4H3,(H,33,35). The van der Waals surface area contributed by atoms with Crippen LogP contribution in [0.5, 0.6) is 5.75 Å². The maximum absolute atomic E-state index is 13.7. The van der Waals surface area contributed by atoms with Gasteiger partial charge in [-0.15, -0.1) is 0 Å². The molecule has 36 heavy (non-hydrogen) atoms. The predicted molar refractivity (Wildman–Crippen MR) is 144 cm³/mol. The number of aromatic nitrogens is 2. The summed E-state index contributed by atoms with van der Waals surface area (Å²) >= 11 is 0. The molecule has 190 valence electrons. The zero-order valence-corrected chi connectivity index (χ0v) is 21.9. The van der Waals surface area contributed by atoms with Crippen molar-refractivity contribution >= 4 is 11.7 Å². The van der Waals surface area contributed by atoms with Crippen LogP contribution in [0.1, 0.15) is 92.7 Å². The van der Waals surface area contributed by atoms with Gasteiger partial charge in [-0.2, -0.15) is 5.10 Å². The number of fused-ring (bicyclic) bond motifs is 1. The van der Waals surface area contributed by atoms with E-state index in [0.29, 0.717) is 11.5 Å². The van der Waals surface area contributed by atoms with Gasteiger partial charge in [0.2, 0.25) is 0 Å². The maximum Gasteiger partial charge on any atom is 0.257 e. The third-order valence-corrected chi connectivity index (χ3v) is 8.39. The summed E-state index contributed by atoms with van der Waals surface area (Å²) in [4.78, 5) is 13.7. The quantitative estimate of drug-likeness (QED) is 0.422. The summed E-state index contributed by atoms with van der Waals surface area (Å²) < 4.78 is 7.30. The highest BCUT2D eigenvalue weighted by Gasteiger charge is 2.39. The van der Waals surface area contributed by atoms with Gasteiger partial charge in [0.1, 0.15) is 17.1 Å². The Bertz CT molecular complexity index is 1190. The van der Waals surface area contributed by atoms with Crippen LogP contribution in [0.25, 0.3) is 0 Å². The van der Waals surface area contributed by atoms with Crippen molar-refractivity contribution in [3.8, 4) is 5.75 Å². The van der Waals surface area contributed by atoms with Crippen molar-refractivity contribution < 1.29 is 9.53 Å². The van der Waals surface area contributed by atoms with Crippen LogP contribution in [-0.4, -0.2) is 28.3 Å². The number of amides is 1. The van der Waals surface area contributed by atoms with E-state index in [1.165, 1.54) is 11.1 Å². The number of nitrogens with one attached hydrogen (secondary N) is 2. The van der Waals surface area contributed by atoms with E-state index in [1.807, 2.05) is 22.9 Å². The SMILES string of the molecule is CCC1(NC(=O)c2cnn3c2NC(c2ccccc2)CC3(C)C)CCC(c2ccc(OC)cc2)CC1. The van der Waals surface area contributed by atoms with E-state index in [-0.39, 0.29) is 23.0 Å². The molecule has 3 aromatic rings. The minimum absolute atomic E-state index is 0.0296. The molecule has 1 unspecified atom stereocenters. The first-order chi connectivity index (χ1) is 17.3. The van der Waals surface area contributed by atoms with Gasteiger partial charge in [-0.05, 0) is 81.5 Å². The lowest BCUT2D eigenvalue weighted by Crippen LogP contribution is -2.50. The second-order valence-electron chi connectivity index (χ2n) is 11.1. The molecule has 0 radical (unpaired) electrons. The third-order valence-electron chi connectivity index (χ3n) is 8.39. The Morgan fingerprint density at radius 2 is 1.78 bits per heavy atom. The summed E-state index contributed by atoms with van der Waals surface area (Å²) in [7, 11) is 1.70. The molecule has 5 rings (SSSR count). The molecule has 1 atom stereocenters. The molecule has 6 heteroatoms. The minimum atomic E-state index is -0.196. The van der Waals surface area contributed by atoms with E-state index in [0.717, 1.165) is 50.1 Å². The maximum atomic E-state index is 13.7. The first kappa shape index (κ1) is 24.4. The van der Waals surface area contributed by atoms with Gasteiger partial charge in [0.05, 0.1) is 24.9 Å². The van der Waals surface area contributed by atoms with Crippen molar-refractivity contribution in [2.24, 2.45) is 0 Å². The van der Waals surface area contributed by atoms with Crippen LogP contribution in [0.4, 0.5) is 5.82 Å². The molecule has 6 nitrogen and oxygen atoms in total. The molecule has 2 aliphatic rings. The van der Waals surface area contributed by atoms with E-state index < -0.39 is 0 Å². The van der Waals surface area contributed by atoms with Gasteiger partial charge in [-0.25, -0.2) is 4.68 Å². The average molecular weight is 487 g/mol. The first-order valence-corrected chi connectivity index (χ1v) is 13.2. The number of carbonyl (C=O) groups excluding carboxylic acids is 1. The molecule has 1 aliphatic heterocycles. The fraction of sp³-hybridized carbons (Fsp3) is 0.467. The second-order valence-corrected chi connectivity index (χ2v) is 11.1. The van der Waals surface area contributed by atoms with Gasteiger partial charge in [0, 0.05) is 5.54 Å². The topological polar surface area (TPSA) is 68.2 Å². The van der Waals surface area contributed by atoms with Crippen molar-refractivity contribution in [3.05, 3.63) is 77.5 Å². The molecule has 2 aromatic carbocycles. The fourth-order valence-corrected chi connectivity index (χ4v) is 6.06. The lowest BCUT2D eigenvalue weighted by Gasteiger charge is -2.41. The number of carbonyl (C=O) groups is 1. The summed E-state index contributed by atoms with van der Waals surface area (Å²) in [6.45, 7) is 6.57. The van der Waals surface area contributed by atoms with Crippen LogP contribution in [-0.2, 0) is 5.54 Å². The van der Waals surface area contributed by atoms with Crippen LogP contribution in [0.2, 0.25) is 0 Å². The Hall–Kier alpha value is -3.28. The Morgan fingerprint density at radius 1 is 1.08 bits per heavy atom. The zero-order valence-electron chi connectivity index (χ0n) is 21.9. The minimum Gasteiger partial charge on any atom is -0.497 e. The van der Waals surface area contributed by atoms with Gasteiger partial charge in [-0.1, -0.05) is 49.4 Å². The molecule has 1 aromatic heterocycles. The van der Waals surface area contributed by atoms with Gasteiger partial charge < -0.3 is 15.4 Å². The lowest BCUT2D eigenvalue weighted by atomic mass is 9.73. The lowest BCUT2D eigenvalue weighted by molar-refractivity contribution is 0.0858. The van der Waals surface area contributed by atoms with Crippen molar-refractivity contribution in [1.82, 2.24) is 15.1 Å². The van der Waals surface area contributed by atoms with Crippen LogP contribution in [0.15, 0.2) is 60.8 Å². The molecule has 0 bridgehead atoms. The monoisotopic (exact) mass is 486 g/mol. The Kier molecular flexibility index (Phi) is 6.54. The Labute approximate surface area is 214 Å². The van der Waals surface area contributed by atoms with E-state index in [2.05, 4.69) is 72.9 Å². The van der Waals surface area contributed by atoms with E-state index in [1.54, 1.807) is 13.3 Å². The summed E-state index contributed by atoms with van der Waals surface area (Å²) in [6, 6.07) is 19.0. The van der Waals surface area contributed by atoms with Gasteiger partial charge in [0.25, 0.3) is 5.91 Å². The van der Waals surface area contributed by atoms with Crippen LogP contribution >= 0.6 is 0 Å². The van der Waals surface area contributed by atoms with Crippen molar-refractivity contribution in [2.45, 2.75) is 82.3 Å². The molecule has 2 heterocycles. The molecule has 1 fully saturated rings. The first-order valence-electron chi connectivity index (χ1n) is 13.2. The Balaban J connectivity index is 1.32. The Morgan fingerprint density at radius 3 is 2.42 bits per heavy atom. The number of methoxy groups -OCH3 is 1. The van der Waals surface area contributed by atoms with E-state index in [4.69, 9.17) is 4.74 Å². The summed E-state index contributed by atoms with van der Waals surface area (Å²) in [5.74, 6) is 2.19. The molecule has 0 spiro atoms. The average Bonchev–Trinajstić information content (AvgIpc) is 3.35. The molecule has 2 N–H and O–H groups in total. The molecular weight excluding hydrogens is 448 g/mol. The number of benzene rings is 2. The van der Waals surface area contributed by atoms with Crippen LogP contribution in [0.3, 0.4) is 0 Å². The third kappa shape index (κ3) is 4.61. The van der Waals surface area contributed by atoms with Crippen molar-refractivity contribution in [2.75, 3.05) is 12.4 Å². The number of rotatable bonds is 6.